The molecule has 0 atom stereocenters. The largest absolute Gasteiger partial charge is 2.00 e. The van der Waals surface area contributed by atoms with Gasteiger partial charge in [0.1, 0.15) is 0 Å². The minimum atomic E-state index is -0.780. The summed E-state index contributed by atoms with van der Waals surface area (Å²) in [4.78, 5) is 0. The Labute approximate surface area is 254 Å². The number of hydrogen-bond donors (Lipinski definition) is 0. The van der Waals surface area contributed by atoms with Crippen LogP contribution in [0.15, 0.2) is 158 Å². The zero-order chi connectivity index (χ0) is 26.2. The molecule has 0 heterocycles. The molecule has 39 heavy (non-hydrogen) atoms. The van der Waals surface area contributed by atoms with Crippen LogP contribution in [-0.4, -0.2) is 0 Å². The number of halogens is 2. The SMILES string of the molecule is Cl[c-]1ccc(P(c2ccccc2)c2ccccc2)c1P(c1ccccc1)c1ccccc1.Cl[c-]1cccc1.[Fe+2]. The monoisotopic (exact) mass is 622 g/mol. The molecule has 0 aliphatic heterocycles. The maximum atomic E-state index is 6.99. The van der Waals surface area contributed by atoms with E-state index in [2.05, 4.69) is 133 Å². The minimum absolute atomic E-state index is 0. The fourth-order valence-electron chi connectivity index (χ4n) is 4.33. The van der Waals surface area contributed by atoms with E-state index in [-0.39, 0.29) is 17.1 Å². The molecule has 0 saturated carbocycles. The van der Waals surface area contributed by atoms with E-state index in [1.54, 1.807) is 0 Å². The first-order chi connectivity index (χ1) is 18.7. The number of rotatable bonds is 6. The van der Waals surface area contributed by atoms with Crippen molar-refractivity contribution in [1.29, 1.82) is 0 Å². The summed E-state index contributed by atoms with van der Waals surface area (Å²) in [6.07, 6.45) is 0. The van der Waals surface area contributed by atoms with Crippen LogP contribution in [0, 0.1) is 0 Å². The smallest absolute Gasteiger partial charge is 0.212 e. The fourth-order valence-corrected chi connectivity index (χ4v) is 10.3. The second-order valence-electron chi connectivity index (χ2n) is 8.53. The summed E-state index contributed by atoms with van der Waals surface area (Å²) in [6, 6.07) is 55.2. The molecule has 194 valence electrons. The quantitative estimate of drug-likeness (QED) is 0.102. The minimum Gasteiger partial charge on any atom is -0.212 e. The molecule has 5 heteroatoms. The van der Waals surface area contributed by atoms with Crippen molar-refractivity contribution in [2.45, 2.75) is 0 Å². The average molecular weight is 623 g/mol. The third kappa shape index (κ3) is 7.39. The first-order valence-corrected chi connectivity index (χ1v) is 15.8. The van der Waals surface area contributed by atoms with Crippen LogP contribution in [-0.2, 0) is 17.1 Å². The van der Waals surface area contributed by atoms with Crippen molar-refractivity contribution in [3.05, 3.63) is 168 Å². The van der Waals surface area contributed by atoms with Gasteiger partial charge in [0, 0.05) is 0 Å². The molecule has 0 bridgehead atoms. The summed E-state index contributed by atoms with van der Waals surface area (Å²) in [5.41, 5.74) is 0. The molecule has 0 saturated heterocycles. The van der Waals surface area contributed by atoms with Crippen molar-refractivity contribution in [3.8, 4) is 0 Å². The van der Waals surface area contributed by atoms with Crippen LogP contribution in [0.3, 0.4) is 0 Å². The molecule has 0 nitrogen and oxygen atoms in total. The molecule has 0 radical (unpaired) electrons. The number of hydrogen-bond acceptors (Lipinski definition) is 0. The van der Waals surface area contributed by atoms with E-state index in [9.17, 15) is 0 Å². The second-order valence-corrected chi connectivity index (χ2v) is 13.7. The predicted molar refractivity (Wildman–Crippen MR) is 172 cm³/mol. The van der Waals surface area contributed by atoms with E-state index in [0.29, 0.717) is 0 Å². The second kappa shape index (κ2) is 14.8. The Kier molecular flexibility index (Phi) is 11.2. The van der Waals surface area contributed by atoms with Crippen LogP contribution in [0.5, 0.6) is 0 Å². The van der Waals surface area contributed by atoms with Gasteiger partial charge in [0.2, 0.25) is 0 Å². The van der Waals surface area contributed by atoms with Gasteiger partial charge in [0.25, 0.3) is 0 Å². The van der Waals surface area contributed by atoms with Crippen molar-refractivity contribution in [3.63, 3.8) is 0 Å². The maximum Gasteiger partial charge on any atom is 2.00 e. The zero-order valence-electron chi connectivity index (χ0n) is 21.0. The van der Waals surface area contributed by atoms with Gasteiger partial charge in [-0.25, -0.2) is 18.2 Å². The maximum absolute atomic E-state index is 6.99. The first kappa shape index (κ1) is 29.5. The van der Waals surface area contributed by atoms with Gasteiger partial charge in [-0.1, -0.05) is 139 Å². The summed E-state index contributed by atoms with van der Waals surface area (Å²) in [6.45, 7) is 0. The van der Waals surface area contributed by atoms with Crippen LogP contribution in [0.25, 0.3) is 0 Å². The van der Waals surface area contributed by atoms with E-state index in [0.717, 1.165) is 10.0 Å². The van der Waals surface area contributed by atoms with Crippen molar-refractivity contribution < 1.29 is 17.1 Å². The Morgan fingerprint density at radius 3 is 1.10 bits per heavy atom. The predicted octanol–water partition coefficient (Wildman–Crippen LogP) is 7.63. The van der Waals surface area contributed by atoms with E-state index >= 15 is 0 Å². The summed E-state index contributed by atoms with van der Waals surface area (Å²) < 4.78 is 0. The summed E-state index contributed by atoms with van der Waals surface area (Å²) >= 11 is 12.4. The molecule has 0 N–H and O–H groups in total. The van der Waals surface area contributed by atoms with Crippen LogP contribution < -0.4 is 31.8 Å². The van der Waals surface area contributed by atoms with Crippen molar-refractivity contribution >= 4 is 70.9 Å². The number of benzene rings is 4. The molecule has 6 aromatic carbocycles. The molecule has 6 rings (SSSR count). The first-order valence-electron chi connectivity index (χ1n) is 12.4. The normalized spacial score (nSPS) is 10.6. The molecule has 0 aliphatic carbocycles. The molecule has 0 aromatic heterocycles. The molecule has 0 fully saturated rings. The summed E-state index contributed by atoms with van der Waals surface area (Å²) in [5.74, 6) is 0. The van der Waals surface area contributed by atoms with Crippen molar-refractivity contribution in [2.75, 3.05) is 0 Å². The molecule has 0 aliphatic rings. The molecule has 0 unspecified atom stereocenters. The zero-order valence-corrected chi connectivity index (χ0v) is 25.4. The van der Waals surface area contributed by atoms with Gasteiger partial charge in [-0.05, 0) is 29.1 Å². The summed E-state index contributed by atoms with van der Waals surface area (Å²) in [7, 11) is -1.51. The topological polar surface area (TPSA) is 0 Å². The van der Waals surface area contributed by atoms with Crippen LogP contribution in [0.1, 0.15) is 0 Å². The third-order valence-electron chi connectivity index (χ3n) is 6.00. The van der Waals surface area contributed by atoms with Crippen molar-refractivity contribution in [1.82, 2.24) is 0 Å². The Balaban J connectivity index is 0.000000447. The Bertz CT molecular complexity index is 1440. The Morgan fingerprint density at radius 2 is 0.769 bits per heavy atom. The Morgan fingerprint density at radius 1 is 0.410 bits per heavy atom. The van der Waals surface area contributed by atoms with E-state index in [1.807, 2.05) is 24.3 Å². The average Bonchev–Trinajstić information content (AvgIpc) is 3.61. The molecule has 0 amide bonds. The molecular formula is C34H26Cl2FeP2. The van der Waals surface area contributed by atoms with Gasteiger partial charge >= 0.3 is 17.1 Å². The van der Waals surface area contributed by atoms with Gasteiger partial charge in [-0.15, -0.1) is 5.30 Å². The standard InChI is InChI=1S/C29H22ClP2.C5H4Cl.Fe/c30-27-21-22-28(31(23-13-5-1-6-14-23)24-15-7-2-8-16-24)29(27)32(25-17-9-3-10-18-25)26-19-11-4-12-20-26;6-5-3-1-2-4-5;/h1-22H;1-4H;/q2*-1;+2. The van der Waals surface area contributed by atoms with Gasteiger partial charge in [0.05, 0.1) is 0 Å². The molecule has 0 spiro atoms. The van der Waals surface area contributed by atoms with Crippen LogP contribution in [0.4, 0.5) is 0 Å². The van der Waals surface area contributed by atoms with Crippen molar-refractivity contribution in [2.24, 2.45) is 0 Å². The van der Waals surface area contributed by atoms with Gasteiger partial charge < -0.3 is 0 Å². The third-order valence-corrected chi connectivity index (χ3v) is 11.9. The van der Waals surface area contributed by atoms with E-state index < -0.39 is 15.8 Å². The van der Waals surface area contributed by atoms with Gasteiger partial charge in [0.15, 0.2) is 0 Å². The summed E-state index contributed by atoms with van der Waals surface area (Å²) in [5, 5.41) is 9.62. The fraction of sp³-hybridized carbons (Fsp3) is 0. The van der Waals surface area contributed by atoms with E-state index in [1.165, 1.54) is 31.8 Å². The molecule has 6 aromatic rings. The Hall–Kier alpha value is -2.46. The van der Waals surface area contributed by atoms with Gasteiger partial charge in [-0.3, -0.25) is 0 Å². The van der Waals surface area contributed by atoms with Crippen LogP contribution >= 0.6 is 39.0 Å². The van der Waals surface area contributed by atoms with Gasteiger partial charge in [-0.2, -0.15) is 46.7 Å². The van der Waals surface area contributed by atoms with E-state index in [4.69, 9.17) is 23.2 Å². The van der Waals surface area contributed by atoms with Crippen LogP contribution in [0.2, 0.25) is 10.0 Å². The molecular weight excluding hydrogens is 597 g/mol.